The topological polar surface area (TPSA) is 59.8 Å². The van der Waals surface area contributed by atoms with E-state index in [4.69, 9.17) is 0 Å². The second-order valence-corrected chi connectivity index (χ2v) is 2.46. The van der Waals surface area contributed by atoms with Crippen LogP contribution in [0.15, 0.2) is 35.3 Å². The summed E-state index contributed by atoms with van der Waals surface area (Å²) in [6.07, 6.45) is 1.39. The Labute approximate surface area is 67.7 Å². The first kappa shape index (κ1) is 6.84. The molecular weight excluding hydrogens is 156 g/mol. The molecule has 0 aromatic carbocycles. The zero-order valence-electron chi connectivity index (χ0n) is 6.15. The van der Waals surface area contributed by atoms with E-state index in [1.807, 2.05) is 0 Å². The number of rotatable bonds is 0. The lowest BCUT2D eigenvalue weighted by atomic mass is 10.3. The summed E-state index contributed by atoms with van der Waals surface area (Å²) in [5, 5.41) is 11.1. The second-order valence-electron chi connectivity index (χ2n) is 2.46. The van der Waals surface area contributed by atoms with Crippen molar-refractivity contribution in [1.82, 2.24) is 4.98 Å². The summed E-state index contributed by atoms with van der Waals surface area (Å²) in [5.41, 5.74) is 0.825. The first-order valence-corrected chi connectivity index (χ1v) is 3.48. The fourth-order valence-corrected chi connectivity index (χ4v) is 1.10. The molecule has 0 bridgehead atoms. The molecule has 4 nitrogen and oxygen atoms in total. The van der Waals surface area contributed by atoms with E-state index in [9.17, 15) is 10.0 Å². The number of nitrogens with zero attached hydrogens (tertiary/aromatic N) is 1. The van der Waals surface area contributed by atoms with Crippen molar-refractivity contribution >= 4 is 11.0 Å². The quantitative estimate of drug-likeness (QED) is 0.443. The van der Waals surface area contributed by atoms with E-state index in [0.29, 0.717) is 15.8 Å². The Balaban J connectivity index is 2.96. The first-order valence-electron chi connectivity index (χ1n) is 3.48. The lowest BCUT2D eigenvalue weighted by Gasteiger charge is -1.98. The number of hydrogen-bond donors (Lipinski definition) is 1. The average molecular weight is 162 g/mol. The Morgan fingerprint density at radius 1 is 1.33 bits per heavy atom. The van der Waals surface area contributed by atoms with Gasteiger partial charge in [0.25, 0.3) is 0 Å². The predicted octanol–water partition coefficient (Wildman–Crippen LogP) is 0.162. The lowest BCUT2D eigenvalue weighted by Crippen LogP contribution is -2.26. The van der Waals surface area contributed by atoms with Gasteiger partial charge in [0.05, 0.1) is 0 Å². The summed E-state index contributed by atoms with van der Waals surface area (Å²) < 4.78 is 0.714. The normalized spacial score (nSPS) is 10.3. The Hall–Kier alpha value is -1.84. The molecule has 2 aromatic heterocycles. The van der Waals surface area contributed by atoms with Crippen molar-refractivity contribution in [2.75, 3.05) is 0 Å². The smallest absolute Gasteiger partial charge is 0.248 e. The van der Waals surface area contributed by atoms with E-state index >= 15 is 0 Å². The van der Waals surface area contributed by atoms with E-state index in [2.05, 4.69) is 4.98 Å². The average Bonchev–Trinajstić information content (AvgIpc) is 2.04. The number of nitrogens with one attached hydrogen (secondary N) is 1. The van der Waals surface area contributed by atoms with Gasteiger partial charge in [-0.1, -0.05) is 0 Å². The van der Waals surface area contributed by atoms with Crippen molar-refractivity contribution < 1.29 is 4.73 Å². The number of aromatic amines is 1. The highest BCUT2D eigenvalue weighted by Crippen LogP contribution is 2.00. The van der Waals surface area contributed by atoms with Gasteiger partial charge < -0.3 is 10.2 Å². The molecule has 1 N–H and O–H groups in total. The van der Waals surface area contributed by atoms with E-state index in [1.54, 1.807) is 12.1 Å². The fraction of sp³-hybridized carbons (Fsp3) is 0. The lowest BCUT2D eigenvalue weighted by molar-refractivity contribution is -0.577. The molecule has 0 amide bonds. The zero-order valence-corrected chi connectivity index (χ0v) is 6.15. The monoisotopic (exact) mass is 162 g/mol. The summed E-state index contributed by atoms with van der Waals surface area (Å²) in [6.45, 7) is 0. The minimum atomic E-state index is -0.200. The zero-order chi connectivity index (χ0) is 8.55. The van der Waals surface area contributed by atoms with E-state index < -0.39 is 0 Å². The van der Waals surface area contributed by atoms with Gasteiger partial charge >= 0.3 is 0 Å². The molecule has 0 aliphatic rings. The van der Waals surface area contributed by atoms with Gasteiger partial charge in [0.15, 0.2) is 6.20 Å². The molecule has 4 heteroatoms. The van der Waals surface area contributed by atoms with Crippen LogP contribution in [-0.2, 0) is 0 Å². The van der Waals surface area contributed by atoms with Crippen molar-refractivity contribution in [2.24, 2.45) is 0 Å². The molecular formula is C8H6N2O2. The second kappa shape index (κ2) is 2.34. The highest BCUT2D eigenvalue weighted by atomic mass is 16.5. The van der Waals surface area contributed by atoms with Crippen molar-refractivity contribution in [3.05, 3.63) is 46.0 Å². The van der Waals surface area contributed by atoms with Crippen LogP contribution >= 0.6 is 0 Å². The third-order valence-corrected chi connectivity index (χ3v) is 1.65. The number of hydrogen-bond acceptors (Lipinski definition) is 2. The number of pyridine rings is 2. The van der Waals surface area contributed by atoms with Gasteiger partial charge in [-0.2, -0.15) is 4.73 Å². The SMILES string of the molecule is O=c1ccc2c(ccc[n+]2[O-])[nH]1. The van der Waals surface area contributed by atoms with Crippen LogP contribution in [0.5, 0.6) is 0 Å². The Morgan fingerprint density at radius 3 is 3.00 bits per heavy atom. The standard InChI is InChI=1S/C8H6N2O2/c11-8-4-3-7-6(9-8)2-1-5-10(7)12/h1-5H,(H,9,11). The molecule has 0 atom stereocenters. The van der Waals surface area contributed by atoms with Crippen molar-refractivity contribution in [3.63, 3.8) is 0 Å². The molecule has 0 spiro atoms. The molecule has 0 aliphatic heterocycles. The minimum absolute atomic E-state index is 0.200. The van der Waals surface area contributed by atoms with Gasteiger partial charge in [-0.25, -0.2) is 0 Å². The minimum Gasteiger partial charge on any atom is -0.618 e. The highest BCUT2D eigenvalue weighted by Gasteiger charge is 2.00. The molecule has 0 unspecified atom stereocenters. The largest absolute Gasteiger partial charge is 0.618 e. The molecule has 0 aliphatic carbocycles. The molecule has 12 heavy (non-hydrogen) atoms. The Kier molecular flexibility index (Phi) is 1.33. The van der Waals surface area contributed by atoms with E-state index in [-0.39, 0.29) is 5.56 Å². The maximum atomic E-state index is 11.1. The molecule has 0 saturated carbocycles. The van der Waals surface area contributed by atoms with Crippen LogP contribution in [0.25, 0.3) is 11.0 Å². The van der Waals surface area contributed by atoms with Gasteiger partial charge in [0.2, 0.25) is 11.1 Å². The third-order valence-electron chi connectivity index (χ3n) is 1.65. The summed E-state index contributed by atoms with van der Waals surface area (Å²) in [4.78, 5) is 13.4. The molecule has 0 radical (unpaired) electrons. The van der Waals surface area contributed by atoms with Crippen LogP contribution in [0.2, 0.25) is 0 Å². The van der Waals surface area contributed by atoms with Crippen molar-refractivity contribution in [3.8, 4) is 0 Å². The van der Waals surface area contributed by atoms with Crippen LogP contribution in [0, 0.1) is 5.21 Å². The first-order chi connectivity index (χ1) is 5.77. The van der Waals surface area contributed by atoms with Gasteiger partial charge in [-0.05, 0) is 6.07 Å². The molecule has 60 valence electrons. The Bertz CT molecular complexity index is 476. The number of H-pyrrole nitrogens is 1. The summed E-state index contributed by atoms with van der Waals surface area (Å²) >= 11 is 0. The van der Waals surface area contributed by atoms with Crippen molar-refractivity contribution in [1.29, 1.82) is 0 Å². The van der Waals surface area contributed by atoms with E-state index in [0.717, 1.165) is 0 Å². The summed E-state index contributed by atoms with van der Waals surface area (Å²) in [5.74, 6) is 0. The maximum absolute atomic E-state index is 11.1. The van der Waals surface area contributed by atoms with Crippen LogP contribution < -0.4 is 10.3 Å². The molecule has 0 saturated heterocycles. The van der Waals surface area contributed by atoms with Crippen LogP contribution in [0.3, 0.4) is 0 Å². The van der Waals surface area contributed by atoms with Gasteiger partial charge in [0.1, 0.15) is 5.52 Å². The van der Waals surface area contributed by atoms with Gasteiger partial charge in [0, 0.05) is 18.2 Å². The van der Waals surface area contributed by atoms with Gasteiger partial charge in [-0.15, -0.1) is 0 Å². The van der Waals surface area contributed by atoms with Crippen LogP contribution in [-0.4, -0.2) is 4.98 Å². The summed E-state index contributed by atoms with van der Waals surface area (Å²) in [7, 11) is 0. The van der Waals surface area contributed by atoms with Crippen molar-refractivity contribution in [2.45, 2.75) is 0 Å². The predicted molar refractivity (Wildman–Crippen MR) is 43.5 cm³/mol. The molecule has 2 rings (SSSR count). The van der Waals surface area contributed by atoms with E-state index in [1.165, 1.54) is 18.3 Å². The third kappa shape index (κ3) is 0.934. The molecule has 2 aromatic rings. The number of aromatic nitrogens is 2. The Morgan fingerprint density at radius 2 is 2.17 bits per heavy atom. The molecule has 0 fully saturated rings. The molecule has 2 heterocycles. The fourth-order valence-electron chi connectivity index (χ4n) is 1.10. The summed E-state index contributed by atoms with van der Waals surface area (Å²) in [6, 6.07) is 6.11. The highest BCUT2D eigenvalue weighted by molar-refractivity contribution is 5.69. The van der Waals surface area contributed by atoms with Gasteiger partial charge in [-0.3, -0.25) is 4.79 Å². The maximum Gasteiger partial charge on any atom is 0.248 e. The van der Waals surface area contributed by atoms with Crippen LogP contribution in [0.1, 0.15) is 0 Å². The van der Waals surface area contributed by atoms with Crippen LogP contribution in [0.4, 0.5) is 0 Å². The number of fused-ring (bicyclic) bond motifs is 1.